The van der Waals surface area contributed by atoms with E-state index in [-0.39, 0.29) is 11.3 Å². The smallest absolute Gasteiger partial charge is 0.152 e. The standard InChI is InChI=1S/C15H22N2O2S/c1-15(7-9-20(18,19)11-15)17-8-6-12-10-16-14-5-3-2-4-13(12)14/h2-5,12,16-17H,6-11H2,1H3. The fourth-order valence-electron chi connectivity index (χ4n) is 3.31. The first-order valence-corrected chi connectivity index (χ1v) is 9.08. The number of hydrogen-bond donors (Lipinski definition) is 2. The predicted octanol–water partition coefficient (Wildman–Crippen LogP) is 1.75. The molecule has 4 nitrogen and oxygen atoms in total. The van der Waals surface area contributed by atoms with Crippen LogP contribution in [-0.4, -0.2) is 38.6 Å². The van der Waals surface area contributed by atoms with Gasteiger partial charge in [0, 0.05) is 23.7 Å². The Morgan fingerprint density at radius 2 is 2.20 bits per heavy atom. The maximum absolute atomic E-state index is 11.6. The number of nitrogens with one attached hydrogen (secondary N) is 2. The summed E-state index contributed by atoms with van der Waals surface area (Å²) in [5, 5.41) is 6.89. The molecule has 2 heterocycles. The molecule has 1 aromatic rings. The molecule has 0 saturated carbocycles. The highest BCUT2D eigenvalue weighted by molar-refractivity contribution is 7.91. The summed E-state index contributed by atoms with van der Waals surface area (Å²) in [6.07, 6.45) is 1.77. The molecule has 2 atom stereocenters. The Hall–Kier alpha value is -1.07. The van der Waals surface area contributed by atoms with Crippen LogP contribution in [0, 0.1) is 0 Å². The van der Waals surface area contributed by atoms with Crippen LogP contribution >= 0.6 is 0 Å². The van der Waals surface area contributed by atoms with Crippen LogP contribution in [0.25, 0.3) is 0 Å². The number of benzene rings is 1. The third-order valence-corrected chi connectivity index (χ3v) is 6.39. The van der Waals surface area contributed by atoms with Crippen LogP contribution in [0.2, 0.25) is 0 Å². The molecule has 0 amide bonds. The molecule has 3 rings (SSSR count). The van der Waals surface area contributed by atoms with E-state index in [4.69, 9.17) is 0 Å². The molecule has 1 fully saturated rings. The Labute approximate surface area is 120 Å². The lowest BCUT2D eigenvalue weighted by atomic mass is 9.96. The first-order valence-electron chi connectivity index (χ1n) is 7.26. The molecular weight excluding hydrogens is 272 g/mol. The van der Waals surface area contributed by atoms with Gasteiger partial charge >= 0.3 is 0 Å². The van der Waals surface area contributed by atoms with Crippen LogP contribution in [0.5, 0.6) is 0 Å². The van der Waals surface area contributed by atoms with E-state index in [1.807, 2.05) is 6.92 Å². The van der Waals surface area contributed by atoms with Gasteiger partial charge in [0.05, 0.1) is 11.5 Å². The van der Waals surface area contributed by atoms with E-state index in [0.717, 1.165) is 25.9 Å². The second kappa shape index (κ2) is 5.04. The minimum absolute atomic E-state index is 0.232. The van der Waals surface area contributed by atoms with Crippen LogP contribution in [0.15, 0.2) is 24.3 Å². The van der Waals surface area contributed by atoms with Crippen molar-refractivity contribution >= 4 is 15.5 Å². The number of anilines is 1. The van der Waals surface area contributed by atoms with Gasteiger partial charge in [0.1, 0.15) is 0 Å². The first-order chi connectivity index (χ1) is 9.48. The quantitative estimate of drug-likeness (QED) is 0.888. The maximum Gasteiger partial charge on any atom is 0.152 e. The molecule has 1 saturated heterocycles. The van der Waals surface area contributed by atoms with Gasteiger partial charge < -0.3 is 10.6 Å². The number of para-hydroxylation sites is 1. The van der Waals surface area contributed by atoms with Crippen molar-refractivity contribution in [1.29, 1.82) is 0 Å². The minimum atomic E-state index is -2.83. The molecule has 2 aliphatic heterocycles. The Morgan fingerprint density at radius 1 is 1.40 bits per heavy atom. The second-order valence-corrected chi connectivity index (χ2v) is 8.47. The Balaban J connectivity index is 1.55. The molecule has 0 radical (unpaired) electrons. The van der Waals surface area contributed by atoms with Crippen molar-refractivity contribution in [3.05, 3.63) is 29.8 Å². The summed E-state index contributed by atoms with van der Waals surface area (Å²) in [7, 11) is -2.83. The summed E-state index contributed by atoms with van der Waals surface area (Å²) in [6, 6.07) is 8.43. The number of rotatable bonds is 4. The molecule has 110 valence electrons. The van der Waals surface area contributed by atoms with Gasteiger partial charge in [-0.2, -0.15) is 0 Å². The van der Waals surface area contributed by atoms with Gasteiger partial charge in [0.25, 0.3) is 0 Å². The third kappa shape index (κ3) is 2.83. The zero-order valence-corrected chi connectivity index (χ0v) is 12.7. The fraction of sp³-hybridized carbons (Fsp3) is 0.600. The zero-order valence-electron chi connectivity index (χ0n) is 11.9. The lowest BCUT2D eigenvalue weighted by Gasteiger charge is -2.24. The van der Waals surface area contributed by atoms with Crippen LogP contribution in [-0.2, 0) is 9.84 Å². The second-order valence-electron chi connectivity index (χ2n) is 6.28. The van der Waals surface area contributed by atoms with Crippen molar-refractivity contribution in [2.24, 2.45) is 0 Å². The summed E-state index contributed by atoms with van der Waals surface area (Å²) in [5.74, 6) is 1.13. The van der Waals surface area contributed by atoms with Crippen molar-refractivity contribution in [2.75, 3.05) is 29.9 Å². The fourth-order valence-corrected chi connectivity index (χ4v) is 5.44. The van der Waals surface area contributed by atoms with Gasteiger partial charge in [-0.15, -0.1) is 0 Å². The highest BCUT2D eigenvalue weighted by Crippen LogP contribution is 2.33. The van der Waals surface area contributed by atoms with Crippen molar-refractivity contribution < 1.29 is 8.42 Å². The van der Waals surface area contributed by atoms with Gasteiger partial charge in [-0.1, -0.05) is 18.2 Å². The van der Waals surface area contributed by atoms with Crippen molar-refractivity contribution in [3.63, 3.8) is 0 Å². The van der Waals surface area contributed by atoms with E-state index in [0.29, 0.717) is 11.7 Å². The average Bonchev–Trinajstić information content (AvgIpc) is 2.92. The summed E-state index contributed by atoms with van der Waals surface area (Å²) in [6.45, 7) is 3.88. The molecule has 0 spiro atoms. The van der Waals surface area contributed by atoms with Gasteiger partial charge in [0.15, 0.2) is 9.84 Å². The highest BCUT2D eigenvalue weighted by Gasteiger charge is 2.37. The van der Waals surface area contributed by atoms with E-state index in [1.165, 1.54) is 11.3 Å². The maximum atomic E-state index is 11.6. The zero-order chi connectivity index (χ0) is 14.2. The lowest BCUT2D eigenvalue weighted by molar-refractivity contribution is 0.388. The van der Waals surface area contributed by atoms with Crippen molar-refractivity contribution in [3.8, 4) is 0 Å². The van der Waals surface area contributed by atoms with E-state index in [9.17, 15) is 8.42 Å². The average molecular weight is 294 g/mol. The molecule has 2 N–H and O–H groups in total. The third-order valence-electron chi connectivity index (χ3n) is 4.49. The first kappa shape index (κ1) is 13.9. The number of sulfone groups is 1. The van der Waals surface area contributed by atoms with Crippen LogP contribution in [0.4, 0.5) is 5.69 Å². The molecule has 5 heteroatoms. The Morgan fingerprint density at radius 3 is 2.95 bits per heavy atom. The predicted molar refractivity (Wildman–Crippen MR) is 82.0 cm³/mol. The Bertz CT molecular complexity index is 600. The van der Waals surface area contributed by atoms with Gasteiger partial charge in [-0.25, -0.2) is 8.42 Å². The number of hydrogen-bond acceptors (Lipinski definition) is 4. The van der Waals surface area contributed by atoms with Gasteiger partial charge in [-0.3, -0.25) is 0 Å². The lowest BCUT2D eigenvalue weighted by Crippen LogP contribution is -2.44. The van der Waals surface area contributed by atoms with Crippen LogP contribution in [0.1, 0.15) is 31.2 Å². The summed E-state index contributed by atoms with van der Waals surface area (Å²) >= 11 is 0. The summed E-state index contributed by atoms with van der Waals surface area (Å²) in [5.41, 5.74) is 2.40. The van der Waals surface area contributed by atoms with Gasteiger partial charge in [-0.05, 0) is 37.9 Å². The molecule has 0 bridgehead atoms. The van der Waals surface area contributed by atoms with E-state index in [1.54, 1.807) is 0 Å². The van der Waals surface area contributed by atoms with Crippen LogP contribution in [0.3, 0.4) is 0 Å². The van der Waals surface area contributed by atoms with E-state index in [2.05, 4.69) is 34.9 Å². The largest absolute Gasteiger partial charge is 0.384 e. The molecule has 0 aliphatic carbocycles. The Kier molecular flexibility index (Phi) is 3.50. The summed E-state index contributed by atoms with van der Waals surface area (Å²) < 4.78 is 23.2. The molecule has 2 unspecified atom stereocenters. The normalized spacial score (nSPS) is 30.9. The van der Waals surface area contributed by atoms with Crippen molar-refractivity contribution in [1.82, 2.24) is 5.32 Å². The summed E-state index contributed by atoms with van der Waals surface area (Å²) in [4.78, 5) is 0. The van der Waals surface area contributed by atoms with E-state index < -0.39 is 9.84 Å². The van der Waals surface area contributed by atoms with Crippen LogP contribution < -0.4 is 10.6 Å². The van der Waals surface area contributed by atoms with E-state index >= 15 is 0 Å². The molecule has 0 aromatic heterocycles. The molecular formula is C15H22N2O2S. The minimum Gasteiger partial charge on any atom is -0.384 e. The molecule has 1 aromatic carbocycles. The molecule has 20 heavy (non-hydrogen) atoms. The molecule has 2 aliphatic rings. The monoisotopic (exact) mass is 294 g/mol. The van der Waals surface area contributed by atoms with Crippen molar-refractivity contribution in [2.45, 2.75) is 31.2 Å². The highest BCUT2D eigenvalue weighted by atomic mass is 32.2. The topological polar surface area (TPSA) is 58.2 Å². The number of fused-ring (bicyclic) bond motifs is 1. The SMILES string of the molecule is CC1(NCCC2CNc3ccccc32)CCS(=O)(=O)C1. The van der Waals surface area contributed by atoms with Gasteiger partial charge in [0.2, 0.25) is 0 Å².